The highest BCUT2D eigenvalue weighted by atomic mass is 16.1. The predicted octanol–water partition coefficient (Wildman–Crippen LogP) is 3.09. The van der Waals surface area contributed by atoms with Crippen molar-refractivity contribution in [3.63, 3.8) is 0 Å². The summed E-state index contributed by atoms with van der Waals surface area (Å²) in [5.74, 6) is 0. The molecule has 0 aliphatic carbocycles. The van der Waals surface area contributed by atoms with E-state index in [1.165, 1.54) is 11.1 Å². The van der Waals surface area contributed by atoms with Crippen LogP contribution in [0.3, 0.4) is 0 Å². The van der Waals surface area contributed by atoms with Crippen LogP contribution in [0.25, 0.3) is 0 Å². The van der Waals surface area contributed by atoms with Crippen molar-refractivity contribution < 1.29 is 4.79 Å². The second-order valence-electron chi connectivity index (χ2n) is 3.50. The van der Waals surface area contributed by atoms with Gasteiger partial charge in [0.15, 0.2) is 0 Å². The third-order valence-electron chi connectivity index (χ3n) is 2.38. The summed E-state index contributed by atoms with van der Waals surface area (Å²) in [5.41, 5.74) is 3.55. The van der Waals surface area contributed by atoms with Crippen LogP contribution in [0.2, 0.25) is 0 Å². The van der Waals surface area contributed by atoms with Crippen molar-refractivity contribution in [2.75, 3.05) is 0 Å². The molecule has 0 spiro atoms. The first-order valence-electron chi connectivity index (χ1n) is 4.83. The number of carbonyl (C=O) groups excluding carboxylic acids is 1. The van der Waals surface area contributed by atoms with Crippen molar-refractivity contribution in [2.45, 2.75) is 33.2 Å². The molecule has 1 rings (SSSR count). The number of aliphatic imine (C=N–C) groups is 1. The Bertz CT molecular complexity index is 365. The summed E-state index contributed by atoms with van der Waals surface area (Å²) in [5, 5.41) is 0. The van der Waals surface area contributed by atoms with Crippen LogP contribution in [-0.2, 0) is 4.79 Å². The minimum absolute atomic E-state index is 0.0342. The van der Waals surface area contributed by atoms with Gasteiger partial charge in [-0.15, -0.1) is 0 Å². The van der Waals surface area contributed by atoms with E-state index in [1.807, 2.05) is 26.0 Å². The lowest BCUT2D eigenvalue weighted by Crippen LogP contribution is -1.97. The van der Waals surface area contributed by atoms with Crippen molar-refractivity contribution in [3.8, 4) is 0 Å². The van der Waals surface area contributed by atoms with Crippen molar-refractivity contribution in [3.05, 3.63) is 34.9 Å². The zero-order chi connectivity index (χ0) is 10.6. The summed E-state index contributed by atoms with van der Waals surface area (Å²) < 4.78 is 0. The van der Waals surface area contributed by atoms with E-state index in [4.69, 9.17) is 0 Å². The van der Waals surface area contributed by atoms with E-state index in [1.54, 1.807) is 6.08 Å². The topological polar surface area (TPSA) is 29.4 Å². The molecule has 1 aromatic rings. The van der Waals surface area contributed by atoms with Gasteiger partial charge in [-0.05, 0) is 31.4 Å². The Hall–Kier alpha value is -1.40. The Morgan fingerprint density at radius 3 is 2.64 bits per heavy atom. The highest BCUT2D eigenvalue weighted by molar-refractivity contribution is 5.38. The average Bonchev–Trinajstić information content (AvgIpc) is 2.15. The monoisotopic (exact) mass is 189 g/mol. The van der Waals surface area contributed by atoms with Gasteiger partial charge in [0, 0.05) is 0 Å². The summed E-state index contributed by atoms with van der Waals surface area (Å²) in [6, 6.07) is 6.16. The highest BCUT2D eigenvalue weighted by Gasteiger charge is 2.09. The lowest BCUT2D eigenvalue weighted by atomic mass is 9.98. The number of isocyanates is 1. The van der Waals surface area contributed by atoms with Crippen LogP contribution in [0.1, 0.15) is 36.1 Å². The summed E-state index contributed by atoms with van der Waals surface area (Å²) in [6.07, 6.45) is 2.47. The zero-order valence-corrected chi connectivity index (χ0v) is 8.87. The number of rotatable bonds is 3. The average molecular weight is 189 g/mol. The molecule has 0 N–H and O–H groups in total. The molecule has 0 aliphatic heterocycles. The Morgan fingerprint density at radius 2 is 2.14 bits per heavy atom. The molecule has 0 heterocycles. The molecule has 74 valence electrons. The van der Waals surface area contributed by atoms with Crippen molar-refractivity contribution >= 4 is 6.08 Å². The molecule has 0 fully saturated rings. The Labute approximate surface area is 84.7 Å². The molecular weight excluding hydrogens is 174 g/mol. The zero-order valence-electron chi connectivity index (χ0n) is 8.87. The summed E-state index contributed by atoms with van der Waals surface area (Å²) in [7, 11) is 0. The Kier molecular flexibility index (Phi) is 3.61. The van der Waals surface area contributed by atoms with Gasteiger partial charge in [-0.3, -0.25) is 0 Å². The van der Waals surface area contributed by atoms with Crippen LogP contribution in [0.5, 0.6) is 0 Å². The molecule has 0 saturated heterocycles. The standard InChI is InChI=1S/C12H15NO/c1-4-12(13-8-14)11-6-5-9(2)7-10(11)3/h5-7,12H,4H2,1-3H3. The van der Waals surface area contributed by atoms with Gasteiger partial charge in [0.25, 0.3) is 0 Å². The number of aryl methyl sites for hydroxylation is 2. The number of benzene rings is 1. The lowest BCUT2D eigenvalue weighted by Gasteiger charge is -2.11. The second kappa shape index (κ2) is 4.73. The van der Waals surface area contributed by atoms with Gasteiger partial charge < -0.3 is 0 Å². The summed E-state index contributed by atoms with van der Waals surface area (Å²) >= 11 is 0. The molecule has 0 amide bonds. The van der Waals surface area contributed by atoms with Crippen LogP contribution in [0.4, 0.5) is 0 Å². The van der Waals surface area contributed by atoms with E-state index < -0.39 is 0 Å². The van der Waals surface area contributed by atoms with Gasteiger partial charge in [0.1, 0.15) is 0 Å². The van der Waals surface area contributed by atoms with Gasteiger partial charge in [-0.1, -0.05) is 30.7 Å². The van der Waals surface area contributed by atoms with E-state index >= 15 is 0 Å². The predicted molar refractivity (Wildman–Crippen MR) is 57.1 cm³/mol. The van der Waals surface area contributed by atoms with Crippen LogP contribution < -0.4 is 0 Å². The van der Waals surface area contributed by atoms with Gasteiger partial charge >= 0.3 is 0 Å². The van der Waals surface area contributed by atoms with E-state index in [-0.39, 0.29) is 6.04 Å². The van der Waals surface area contributed by atoms with Gasteiger partial charge in [-0.2, -0.15) is 4.99 Å². The fourth-order valence-electron chi connectivity index (χ4n) is 1.64. The van der Waals surface area contributed by atoms with Crippen LogP contribution in [0, 0.1) is 13.8 Å². The van der Waals surface area contributed by atoms with Crippen LogP contribution >= 0.6 is 0 Å². The molecule has 14 heavy (non-hydrogen) atoms. The number of nitrogens with zero attached hydrogens (tertiary/aromatic N) is 1. The molecule has 1 unspecified atom stereocenters. The van der Waals surface area contributed by atoms with E-state index in [0.29, 0.717) is 0 Å². The first-order chi connectivity index (χ1) is 6.69. The Balaban J connectivity index is 3.10. The van der Waals surface area contributed by atoms with E-state index in [9.17, 15) is 4.79 Å². The minimum Gasteiger partial charge on any atom is -0.211 e. The molecule has 2 nitrogen and oxygen atoms in total. The second-order valence-corrected chi connectivity index (χ2v) is 3.50. The molecule has 0 aliphatic rings. The van der Waals surface area contributed by atoms with E-state index in [0.717, 1.165) is 12.0 Å². The molecular formula is C12H15NO. The Morgan fingerprint density at radius 1 is 1.43 bits per heavy atom. The highest BCUT2D eigenvalue weighted by Crippen LogP contribution is 2.24. The molecule has 1 aromatic carbocycles. The molecule has 0 saturated carbocycles. The molecule has 2 heteroatoms. The fourth-order valence-corrected chi connectivity index (χ4v) is 1.64. The van der Waals surface area contributed by atoms with Crippen molar-refractivity contribution in [2.24, 2.45) is 4.99 Å². The first-order valence-corrected chi connectivity index (χ1v) is 4.83. The van der Waals surface area contributed by atoms with Gasteiger partial charge in [-0.25, -0.2) is 4.79 Å². The first kappa shape index (κ1) is 10.7. The third-order valence-corrected chi connectivity index (χ3v) is 2.38. The molecule has 1 atom stereocenters. The smallest absolute Gasteiger partial charge is 0.211 e. The summed E-state index contributed by atoms with van der Waals surface area (Å²) in [6.45, 7) is 6.12. The maximum Gasteiger partial charge on any atom is 0.235 e. The number of hydrogen-bond donors (Lipinski definition) is 0. The normalized spacial score (nSPS) is 11.9. The number of hydrogen-bond acceptors (Lipinski definition) is 2. The van der Waals surface area contributed by atoms with E-state index in [2.05, 4.69) is 18.0 Å². The minimum atomic E-state index is -0.0342. The van der Waals surface area contributed by atoms with Gasteiger partial charge in [0.05, 0.1) is 6.04 Å². The van der Waals surface area contributed by atoms with Crippen LogP contribution in [-0.4, -0.2) is 6.08 Å². The van der Waals surface area contributed by atoms with Crippen LogP contribution in [0.15, 0.2) is 23.2 Å². The largest absolute Gasteiger partial charge is 0.235 e. The quantitative estimate of drug-likeness (QED) is 0.530. The SMILES string of the molecule is CCC(N=C=O)c1ccc(C)cc1C. The molecule has 0 bridgehead atoms. The lowest BCUT2D eigenvalue weighted by molar-refractivity contribution is 0.555. The molecule has 0 radical (unpaired) electrons. The van der Waals surface area contributed by atoms with Crippen molar-refractivity contribution in [1.29, 1.82) is 0 Å². The summed E-state index contributed by atoms with van der Waals surface area (Å²) in [4.78, 5) is 14.0. The van der Waals surface area contributed by atoms with Crippen molar-refractivity contribution in [1.82, 2.24) is 0 Å². The molecule has 0 aromatic heterocycles. The maximum atomic E-state index is 10.2. The third kappa shape index (κ3) is 2.30. The van der Waals surface area contributed by atoms with Gasteiger partial charge in [0.2, 0.25) is 6.08 Å². The maximum absolute atomic E-state index is 10.2. The fraction of sp³-hybridized carbons (Fsp3) is 0.417.